The first-order valence-electron chi connectivity index (χ1n) is 13.3. The third kappa shape index (κ3) is 4.13. The van der Waals surface area contributed by atoms with Crippen LogP contribution >= 0.6 is 0 Å². The molecule has 1 amide bonds. The maximum Gasteiger partial charge on any atom is 0.331 e. The first-order chi connectivity index (χ1) is 16.9. The molecule has 5 aliphatic carbocycles. The van der Waals surface area contributed by atoms with E-state index in [9.17, 15) is 9.59 Å². The predicted octanol–water partition coefficient (Wildman–Crippen LogP) is 4.70. The normalized spacial score (nSPS) is 35.4. The Morgan fingerprint density at radius 3 is 2.26 bits per heavy atom. The van der Waals surface area contributed by atoms with Crippen LogP contribution in [0, 0.1) is 29.0 Å². The number of methoxy groups -OCH3 is 2. The van der Waals surface area contributed by atoms with Crippen LogP contribution in [0.4, 0.5) is 4.39 Å². The van der Waals surface area contributed by atoms with Crippen LogP contribution in [0.1, 0.15) is 79.6 Å². The number of hydrogen-bond acceptors (Lipinski definition) is 5. The van der Waals surface area contributed by atoms with Crippen molar-refractivity contribution in [3.63, 3.8) is 0 Å². The van der Waals surface area contributed by atoms with Crippen molar-refractivity contribution < 1.29 is 28.2 Å². The Morgan fingerprint density at radius 1 is 1.03 bits per heavy atom. The smallest absolute Gasteiger partial charge is 0.331 e. The molecule has 6 aliphatic rings. The van der Waals surface area contributed by atoms with E-state index >= 15 is 4.39 Å². The van der Waals surface area contributed by atoms with Gasteiger partial charge in [-0.2, -0.15) is 0 Å². The number of likely N-dealkylation sites (tertiary alicyclic amines) is 1. The molecule has 1 aromatic rings. The lowest BCUT2D eigenvalue weighted by molar-refractivity contribution is -0.148. The SMILES string of the molecule is COC(=O)[C@@H]1[C@@H](OC)CCN1C(=O)c1cc(C2CC2)c(OCC23CC4CC(CC(C4)C2)C3)cc1F. The Kier molecular flexibility index (Phi) is 5.82. The van der Waals surface area contributed by atoms with Gasteiger partial charge in [0.05, 0.1) is 25.4 Å². The molecule has 2 atom stereocenters. The van der Waals surface area contributed by atoms with Gasteiger partial charge < -0.3 is 19.1 Å². The van der Waals surface area contributed by atoms with Crippen molar-refractivity contribution in [1.29, 1.82) is 0 Å². The highest BCUT2D eigenvalue weighted by molar-refractivity contribution is 5.98. The fourth-order valence-corrected chi connectivity index (χ4v) is 8.06. The lowest BCUT2D eigenvalue weighted by Gasteiger charge is -2.56. The first-order valence-corrected chi connectivity index (χ1v) is 13.3. The van der Waals surface area contributed by atoms with Crippen molar-refractivity contribution in [2.45, 2.75) is 75.9 Å². The van der Waals surface area contributed by atoms with E-state index in [0.717, 1.165) is 36.2 Å². The molecule has 1 aromatic carbocycles. The minimum atomic E-state index is -0.867. The molecule has 4 bridgehead atoms. The van der Waals surface area contributed by atoms with E-state index in [0.29, 0.717) is 31.2 Å². The second kappa shape index (κ2) is 8.75. The number of esters is 1. The van der Waals surface area contributed by atoms with Crippen LogP contribution in [0.5, 0.6) is 5.75 Å². The Bertz CT molecular complexity index is 986. The monoisotopic (exact) mass is 485 g/mol. The van der Waals surface area contributed by atoms with Gasteiger partial charge in [-0.3, -0.25) is 4.79 Å². The van der Waals surface area contributed by atoms with Gasteiger partial charge in [0.2, 0.25) is 0 Å². The number of carbonyl (C=O) groups is 2. The molecule has 7 rings (SSSR count). The summed E-state index contributed by atoms with van der Waals surface area (Å²) in [5.41, 5.74) is 1.16. The van der Waals surface area contributed by atoms with Crippen LogP contribution < -0.4 is 4.74 Å². The van der Waals surface area contributed by atoms with Gasteiger partial charge >= 0.3 is 5.97 Å². The van der Waals surface area contributed by atoms with Gasteiger partial charge in [-0.1, -0.05) is 0 Å². The highest BCUT2D eigenvalue weighted by atomic mass is 19.1. The molecule has 0 unspecified atom stereocenters. The van der Waals surface area contributed by atoms with E-state index in [-0.39, 0.29) is 11.0 Å². The largest absolute Gasteiger partial charge is 0.493 e. The minimum absolute atomic E-state index is 0.000268. The summed E-state index contributed by atoms with van der Waals surface area (Å²) in [7, 11) is 2.80. The molecule has 1 saturated heterocycles. The van der Waals surface area contributed by atoms with Crippen LogP contribution in [0.3, 0.4) is 0 Å². The lowest BCUT2D eigenvalue weighted by atomic mass is 9.50. The van der Waals surface area contributed by atoms with Crippen molar-refractivity contribution >= 4 is 11.9 Å². The summed E-state index contributed by atoms with van der Waals surface area (Å²) in [6.45, 7) is 0.967. The van der Waals surface area contributed by atoms with E-state index in [2.05, 4.69) is 0 Å². The van der Waals surface area contributed by atoms with Gasteiger partial charge in [-0.25, -0.2) is 9.18 Å². The number of amides is 1. The fourth-order valence-electron chi connectivity index (χ4n) is 8.06. The van der Waals surface area contributed by atoms with Gasteiger partial charge in [-0.05, 0) is 93.1 Å². The Hall–Kier alpha value is -2.15. The molecule has 35 heavy (non-hydrogen) atoms. The van der Waals surface area contributed by atoms with E-state index in [1.54, 1.807) is 6.07 Å². The van der Waals surface area contributed by atoms with Crippen LogP contribution in [0.15, 0.2) is 12.1 Å². The van der Waals surface area contributed by atoms with Gasteiger partial charge in [0.15, 0.2) is 6.04 Å². The molecule has 0 N–H and O–H groups in total. The zero-order valence-corrected chi connectivity index (χ0v) is 20.8. The predicted molar refractivity (Wildman–Crippen MR) is 127 cm³/mol. The third-order valence-electron chi connectivity index (χ3n) is 9.39. The van der Waals surface area contributed by atoms with Crippen molar-refractivity contribution in [2.24, 2.45) is 23.2 Å². The van der Waals surface area contributed by atoms with Crippen molar-refractivity contribution in [3.05, 3.63) is 29.1 Å². The number of hydrogen-bond donors (Lipinski definition) is 0. The molecule has 6 fully saturated rings. The van der Waals surface area contributed by atoms with Crippen molar-refractivity contribution in [1.82, 2.24) is 4.90 Å². The highest BCUT2D eigenvalue weighted by Gasteiger charge is 2.51. The maximum absolute atomic E-state index is 15.4. The van der Waals surface area contributed by atoms with Gasteiger partial charge in [0.1, 0.15) is 11.6 Å². The maximum atomic E-state index is 15.4. The Morgan fingerprint density at radius 2 is 1.69 bits per heavy atom. The van der Waals surface area contributed by atoms with Crippen LogP contribution in [0.2, 0.25) is 0 Å². The standard InChI is InChI=1S/C28H36FNO5/c1-33-23-5-6-30(25(23)27(32)34-2)26(31)21-10-20(19-3-4-19)24(11-22(21)29)35-15-28-12-16-7-17(13-28)9-18(8-16)14-28/h10-11,16-19,23,25H,3-9,12-15H2,1-2H3/t16?,17?,18?,23-,25-,28?/m0/s1. The summed E-state index contributed by atoms with van der Waals surface area (Å²) in [4.78, 5) is 27.2. The molecule has 0 radical (unpaired) electrons. The molecule has 5 saturated carbocycles. The Balaban J connectivity index is 1.24. The molecule has 0 spiro atoms. The number of rotatable bonds is 7. The second-order valence-corrected chi connectivity index (χ2v) is 11.9. The zero-order chi connectivity index (χ0) is 24.3. The number of benzene rings is 1. The highest BCUT2D eigenvalue weighted by Crippen LogP contribution is 2.60. The number of nitrogens with zero attached hydrogens (tertiary/aromatic N) is 1. The summed E-state index contributed by atoms with van der Waals surface area (Å²) in [6.07, 6.45) is 9.94. The van der Waals surface area contributed by atoms with Crippen molar-refractivity contribution in [2.75, 3.05) is 27.4 Å². The molecule has 7 heteroatoms. The zero-order valence-electron chi connectivity index (χ0n) is 20.8. The second-order valence-electron chi connectivity index (χ2n) is 11.9. The van der Waals surface area contributed by atoms with E-state index < -0.39 is 29.8 Å². The number of carbonyl (C=O) groups excluding carboxylic acids is 2. The molecule has 1 aliphatic heterocycles. The molecule has 6 nitrogen and oxygen atoms in total. The molecule has 1 heterocycles. The van der Waals surface area contributed by atoms with E-state index in [1.807, 2.05) is 0 Å². The quantitative estimate of drug-likeness (QED) is 0.524. The van der Waals surface area contributed by atoms with Gasteiger partial charge in [-0.15, -0.1) is 0 Å². The summed E-state index contributed by atoms with van der Waals surface area (Å²) in [6, 6.07) is 2.23. The average Bonchev–Trinajstić information content (AvgIpc) is 3.58. The van der Waals surface area contributed by atoms with Crippen LogP contribution in [-0.2, 0) is 14.3 Å². The first kappa shape index (κ1) is 23.3. The van der Waals surface area contributed by atoms with Crippen molar-refractivity contribution in [3.8, 4) is 5.75 Å². The lowest BCUT2D eigenvalue weighted by Crippen LogP contribution is -2.48. The number of halogens is 1. The average molecular weight is 486 g/mol. The summed E-state index contributed by atoms with van der Waals surface area (Å²) >= 11 is 0. The van der Waals surface area contributed by atoms with E-state index in [1.165, 1.54) is 63.7 Å². The molecule has 0 aromatic heterocycles. The fraction of sp³-hybridized carbons (Fsp3) is 0.714. The minimum Gasteiger partial charge on any atom is -0.493 e. The summed E-state index contributed by atoms with van der Waals surface area (Å²) in [5.74, 6) is 1.78. The molecule has 190 valence electrons. The molecular weight excluding hydrogens is 449 g/mol. The van der Waals surface area contributed by atoms with E-state index in [4.69, 9.17) is 14.2 Å². The summed E-state index contributed by atoms with van der Waals surface area (Å²) in [5, 5.41) is 0. The number of ether oxygens (including phenoxy) is 3. The summed E-state index contributed by atoms with van der Waals surface area (Å²) < 4.78 is 32.2. The van der Waals surface area contributed by atoms with Crippen LogP contribution in [0.25, 0.3) is 0 Å². The topological polar surface area (TPSA) is 65.1 Å². The third-order valence-corrected chi connectivity index (χ3v) is 9.39. The molecular formula is C28H36FNO5. The van der Waals surface area contributed by atoms with Crippen LogP contribution in [-0.4, -0.2) is 56.3 Å². The van der Waals surface area contributed by atoms with Gasteiger partial charge in [0, 0.05) is 25.1 Å². The Labute approximate surface area is 206 Å². The van der Waals surface area contributed by atoms with Gasteiger partial charge in [0.25, 0.3) is 5.91 Å².